The Bertz CT molecular complexity index is 904. The molecule has 0 saturated carbocycles. The van der Waals surface area contributed by atoms with Crippen molar-refractivity contribution in [2.75, 3.05) is 27.9 Å². The van der Waals surface area contributed by atoms with Crippen molar-refractivity contribution in [3.05, 3.63) is 51.6 Å². The van der Waals surface area contributed by atoms with Crippen LogP contribution in [0.5, 0.6) is 17.2 Å². The predicted octanol–water partition coefficient (Wildman–Crippen LogP) is 3.91. The predicted molar refractivity (Wildman–Crippen MR) is 110 cm³/mol. The van der Waals surface area contributed by atoms with E-state index in [1.54, 1.807) is 12.1 Å². The fourth-order valence-corrected chi connectivity index (χ4v) is 3.39. The van der Waals surface area contributed by atoms with Crippen molar-refractivity contribution in [2.45, 2.75) is 34.1 Å². The molecule has 0 fully saturated rings. The topological polar surface area (TPSA) is 71.1 Å². The zero-order chi connectivity index (χ0) is 21.7. The highest BCUT2D eigenvalue weighted by Crippen LogP contribution is 2.38. The number of hydrogen-bond donors (Lipinski definition) is 0. The van der Waals surface area contributed by atoms with Gasteiger partial charge in [0.15, 0.2) is 18.1 Å². The summed E-state index contributed by atoms with van der Waals surface area (Å²) in [6.07, 6.45) is -0.0190. The number of ether oxygens (including phenoxy) is 4. The molecule has 0 heterocycles. The second-order valence-electron chi connectivity index (χ2n) is 6.93. The van der Waals surface area contributed by atoms with Crippen LogP contribution in [0.2, 0.25) is 0 Å². The van der Waals surface area contributed by atoms with Crippen molar-refractivity contribution in [1.29, 1.82) is 0 Å². The first-order valence-electron chi connectivity index (χ1n) is 9.28. The molecule has 156 valence electrons. The highest BCUT2D eigenvalue weighted by atomic mass is 16.5. The minimum atomic E-state index is -0.508. The maximum absolute atomic E-state index is 12.7. The first kappa shape index (κ1) is 22.3. The summed E-state index contributed by atoms with van der Waals surface area (Å²) in [5.74, 6) is 0.635. The third-order valence-electron chi connectivity index (χ3n) is 5.07. The number of esters is 1. The fourth-order valence-electron chi connectivity index (χ4n) is 3.39. The Morgan fingerprint density at radius 1 is 0.793 bits per heavy atom. The van der Waals surface area contributed by atoms with Gasteiger partial charge in [-0.15, -0.1) is 0 Å². The van der Waals surface area contributed by atoms with Gasteiger partial charge < -0.3 is 18.9 Å². The van der Waals surface area contributed by atoms with Crippen molar-refractivity contribution < 1.29 is 28.5 Å². The Morgan fingerprint density at radius 2 is 1.38 bits per heavy atom. The average Bonchev–Trinajstić information content (AvgIpc) is 2.69. The number of rotatable bonds is 8. The van der Waals surface area contributed by atoms with E-state index in [2.05, 4.69) is 0 Å². The van der Waals surface area contributed by atoms with E-state index in [1.807, 2.05) is 33.8 Å². The van der Waals surface area contributed by atoms with Crippen molar-refractivity contribution in [1.82, 2.24) is 0 Å². The van der Waals surface area contributed by atoms with Gasteiger partial charge in [-0.05, 0) is 67.6 Å². The van der Waals surface area contributed by atoms with Gasteiger partial charge in [0.1, 0.15) is 0 Å². The van der Waals surface area contributed by atoms with Gasteiger partial charge in [-0.1, -0.05) is 6.07 Å². The van der Waals surface area contributed by atoms with Gasteiger partial charge >= 0.3 is 5.97 Å². The number of Topliss-reactive ketones (excluding diaryl/α,β-unsaturated/α-hetero) is 1. The fraction of sp³-hybridized carbons (Fsp3) is 0.391. The van der Waals surface area contributed by atoms with Gasteiger partial charge in [-0.25, -0.2) is 0 Å². The summed E-state index contributed by atoms with van der Waals surface area (Å²) in [5.41, 5.74) is 5.27. The minimum absolute atomic E-state index is 0.0190. The lowest BCUT2D eigenvalue weighted by molar-refractivity contribution is -0.141. The second kappa shape index (κ2) is 9.45. The van der Waals surface area contributed by atoms with E-state index in [9.17, 15) is 9.59 Å². The van der Waals surface area contributed by atoms with Crippen LogP contribution >= 0.6 is 0 Å². The van der Waals surface area contributed by atoms with E-state index in [0.717, 1.165) is 22.3 Å². The van der Waals surface area contributed by atoms with Crippen LogP contribution in [0.25, 0.3) is 0 Å². The molecule has 0 saturated heterocycles. The molecule has 0 aliphatic rings. The number of benzene rings is 2. The molecule has 0 bridgehead atoms. The minimum Gasteiger partial charge on any atom is -0.493 e. The third kappa shape index (κ3) is 4.88. The van der Waals surface area contributed by atoms with Crippen LogP contribution in [0.15, 0.2) is 18.2 Å². The van der Waals surface area contributed by atoms with E-state index < -0.39 is 5.97 Å². The van der Waals surface area contributed by atoms with Crippen LogP contribution < -0.4 is 14.2 Å². The van der Waals surface area contributed by atoms with E-state index in [-0.39, 0.29) is 18.8 Å². The SMILES string of the molecule is COc1cc(CC(=O)OCC(=O)c2c(C)cc(C)c(C)c2C)cc(OC)c1OC. The Morgan fingerprint density at radius 3 is 1.90 bits per heavy atom. The Labute approximate surface area is 171 Å². The highest BCUT2D eigenvalue weighted by molar-refractivity contribution is 6.01. The number of methoxy groups -OCH3 is 3. The number of ketones is 1. The molecule has 6 nitrogen and oxygen atoms in total. The molecule has 0 aliphatic heterocycles. The van der Waals surface area contributed by atoms with Crippen LogP contribution in [0.1, 0.15) is 38.2 Å². The molecule has 0 aliphatic carbocycles. The summed E-state index contributed by atoms with van der Waals surface area (Å²) in [6, 6.07) is 5.34. The first-order valence-corrected chi connectivity index (χ1v) is 9.28. The summed E-state index contributed by atoms with van der Waals surface area (Å²) in [5, 5.41) is 0. The highest BCUT2D eigenvalue weighted by Gasteiger charge is 2.19. The lowest BCUT2D eigenvalue weighted by atomic mass is 9.92. The van der Waals surface area contributed by atoms with Crippen molar-refractivity contribution in [3.63, 3.8) is 0 Å². The zero-order valence-electron chi connectivity index (χ0n) is 18.1. The summed E-state index contributed by atoms with van der Waals surface area (Å²) in [4.78, 5) is 25.0. The van der Waals surface area contributed by atoms with E-state index >= 15 is 0 Å². The molecule has 29 heavy (non-hydrogen) atoms. The Balaban J connectivity index is 2.11. The molecule has 6 heteroatoms. The Hall–Kier alpha value is -3.02. The van der Waals surface area contributed by atoms with Gasteiger partial charge in [0, 0.05) is 5.56 Å². The molecule has 0 atom stereocenters. The quantitative estimate of drug-likeness (QED) is 0.494. The normalized spacial score (nSPS) is 10.4. The van der Waals surface area contributed by atoms with Crippen molar-refractivity contribution >= 4 is 11.8 Å². The molecule has 2 aromatic carbocycles. The molecule has 0 spiro atoms. The second-order valence-corrected chi connectivity index (χ2v) is 6.93. The molecule has 0 aromatic heterocycles. The summed E-state index contributed by atoms with van der Waals surface area (Å²) < 4.78 is 21.1. The number of hydrogen-bond acceptors (Lipinski definition) is 6. The van der Waals surface area contributed by atoms with Gasteiger partial charge in [0.25, 0.3) is 0 Å². The van der Waals surface area contributed by atoms with Gasteiger partial charge in [-0.2, -0.15) is 0 Å². The van der Waals surface area contributed by atoms with Crippen LogP contribution in [-0.4, -0.2) is 39.7 Å². The molecule has 0 radical (unpaired) electrons. The standard InChI is InChI=1S/C23H28O6/c1-13-8-14(2)22(16(4)15(13)3)18(24)12-29-21(25)11-17-9-19(26-5)23(28-7)20(10-17)27-6/h8-10H,11-12H2,1-7H3. The first-order chi connectivity index (χ1) is 13.7. The summed E-state index contributed by atoms with van der Waals surface area (Å²) in [7, 11) is 4.52. The van der Waals surface area contributed by atoms with Gasteiger partial charge in [-0.3, -0.25) is 9.59 Å². The average molecular weight is 400 g/mol. The summed E-state index contributed by atoms with van der Waals surface area (Å²) >= 11 is 0. The summed E-state index contributed by atoms with van der Waals surface area (Å²) in [6.45, 7) is 7.51. The number of carbonyl (C=O) groups is 2. The number of aryl methyl sites for hydroxylation is 2. The molecule has 2 aromatic rings. The van der Waals surface area contributed by atoms with Crippen LogP contribution in [-0.2, 0) is 16.0 Å². The maximum atomic E-state index is 12.7. The van der Waals surface area contributed by atoms with Crippen LogP contribution in [0, 0.1) is 27.7 Å². The lowest BCUT2D eigenvalue weighted by Crippen LogP contribution is -2.18. The smallest absolute Gasteiger partial charge is 0.310 e. The molecule has 0 N–H and O–H groups in total. The van der Waals surface area contributed by atoms with Crippen molar-refractivity contribution in [3.8, 4) is 17.2 Å². The van der Waals surface area contributed by atoms with E-state index in [4.69, 9.17) is 18.9 Å². The number of carbonyl (C=O) groups excluding carboxylic acids is 2. The van der Waals surface area contributed by atoms with E-state index in [0.29, 0.717) is 28.4 Å². The monoisotopic (exact) mass is 400 g/mol. The molecule has 2 rings (SSSR count). The lowest BCUT2D eigenvalue weighted by Gasteiger charge is -2.15. The largest absolute Gasteiger partial charge is 0.493 e. The van der Waals surface area contributed by atoms with Crippen LogP contribution in [0.4, 0.5) is 0 Å². The van der Waals surface area contributed by atoms with Gasteiger partial charge in [0.05, 0.1) is 27.8 Å². The molecular weight excluding hydrogens is 372 g/mol. The molecule has 0 unspecified atom stereocenters. The van der Waals surface area contributed by atoms with E-state index in [1.165, 1.54) is 21.3 Å². The van der Waals surface area contributed by atoms with Crippen LogP contribution in [0.3, 0.4) is 0 Å². The molecular formula is C23H28O6. The Kier molecular flexibility index (Phi) is 7.26. The molecule has 0 amide bonds. The maximum Gasteiger partial charge on any atom is 0.310 e. The zero-order valence-corrected chi connectivity index (χ0v) is 18.1. The van der Waals surface area contributed by atoms with Gasteiger partial charge in [0.2, 0.25) is 11.5 Å². The van der Waals surface area contributed by atoms with Crippen molar-refractivity contribution in [2.24, 2.45) is 0 Å². The third-order valence-corrected chi connectivity index (χ3v) is 5.07.